The molecule has 4 atom stereocenters. The number of ether oxygens (including phenoxy) is 1. The van der Waals surface area contributed by atoms with E-state index in [9.17, 15) is 9.59 Å². The zero-order valence-corrected chi connectivity index (χ0v) is 15.6. The molecule has 0 saturated heterocycles. The Bertz CT molecular complexity index is 776. The summed E-state index contributed by atoms with van der Waals surface area (Å²) in [6, 6.07) is 1.87. The normalized spacial score (nSPS) is 30.7. The molecule has 3 N–H and O–H groups in total. The lowest BCUT2D eigenvalue weighted by atomic mass is 9.79. The largest absolute Gasteiger partial charge is 0.446 e. The summed E-state index contributed by atoms with van der Waals surface area (Å²) in [5, 5.41) is 13.0. The number of hydrogen-bond donors (Lipinski definition) is 3. The minimum absolute atomic E-state index is 0.0597. The Morgan fingerprint density at radius 1 is 1.37 bits per heavy atom. The Hall–Kier alpha value is -2.49. The van der Waals surface area contributed by atoms with Crippen LogP contribution in [0.2, 0.25) is 0 Å². The molecule has 1 heterocycles. The van der Waals surface area contributed by atoms with Gasteiger partial charge in [-0.05, 0) is 51.9 Å². The van der Waals surface area contributed by atoms with E-state index >= 15 is 0 Å². The molecule has 3 saturated carbocycles. The van der Waals surface area contributed by atoms with Gasteiger partial charge < -0.3 is 15.4 Å². The second-order valence-electron chi connectivity index (χ2n) is 8.39. The van der Waals surface area contributed by atoms with Crippen LogP contribution in [0.25, 0.3) is 0 Å². The molecular formula is C20H26N4O3. The summed E-state index contributed by atoms with van der Waals surface area (Å²) in [6.45, 7) is 2.06. The Morgan fingerprint density at radius 2 is 2.19 bits per heavy atom. The molecule has 0 spiro atoms. The summed E-state index contributed by atoms with van der Waals surface area (Å²) in [6.07, 6.45) is 11.4. The lowest BCUT2D eigenvalue weighted by molar-refractivity contribution is -0.117. The van der Waals surface area contributed by atoms with Crippen LogP contribution in [-0.4, -0.2) is 33.8 Å². The maximum atomic E-state index is 12.1. The maximum Gasteiger partial charge on any atom is 0.407 e. The predicted molar refractivity (Wildman–Crippen MR) is 99.9 cm³/mol. The van der Waals surface area contributed by atoms with Crippen molar-refractivity contribution in [2.75, 3.05) is 5.32 Å². The first-order valence-electron chi connectivity index (χ1n) is 9.77. The van der Waals surface area contributed by atoms with Crippen LogP contribution >= 0.6 is 0 Å². The Kier molecular flexibility index (Phi) is 4.58. The van der Waals surface area contributed by atoms with Gasteiger partial charge in [-0.2, -0.15) is 5.10 Å². The van der Waals surface area contributed by atoms with Crippen molar-refractivity contribution in [1.29, 1.82) is 0 Å². The molecule has 3 aliphatic rings. The number of rotatable bonds is 5. The van der Waals surface area contributed by atoms with Crippen LogP contribution in [0.1, 0.15) is 63.5 Å². The number of terminal acetylenes is 1. The molecule has 7 heteroatoms. The molecule has 7 nitrogen and oxygen atoms in total. The van der Waals surface area contributed by atoms with Crippen LogP contribution in [0.15, 0.2) is 6.07 Å². The molecule has 3 aliphatic carbocycles. The van der Waals surface area contributed by atoms with E-state index in [-0.39, 0.29) is 41.4 Å². The van der Waals surface area contributed by atoms with E-state index in [1.165, 1.54) is 0 Å². The van der Waals surface area contributed by atoms with Crippen molar-refractivity contribution in [3.8, 4) is 12.3 Å². The molecule has 1 aromatic rings. The number of alkyl carbamates (subject to hydrolysis) is 1. The van der Waals surface area contributed by atoms with Crippen LogP contribution in [0.3, 0.4) is 0 Å². The smallest absolute Gasteiger partial charge is 0.407 e. The fraction of sp³-hybridized carbons (Fsp3) is 0.650. The number of aromatic amines is 1. The Morgan fingerprint density at radius 3 is 2.85 bits per heavy atom. The average molecular weight is 370 g/mol. The van der Waals surface area contributed by atoms with Crippen LogP contribution < -0.4 is 10.6 Å². The second-order valence-corrected chi connectivity index (χ2v) is 8.39. The van der Waals surface area contributed by atoms with Gasteiger partial charge in [0.25, 0.3) is 0 Å². The van der Waals surface area contributed by atoms with Crippen LogP contribution in [0, 0.1) is 24.2 Å². The molecule has 0 radical (unpaired) electrons. The standard InChI is InChI=1S/C20H26N4O3/c1-3-12-10-15(12)18(25)21-17-11-16(23-24-17)13-5-6-14(9-13)27-19(26)22-20(2)7-4-8-20/h1,11-15H,4-10H2,2H3,(H,22,26)(H2,21,23,24,25)/t12-,13-,14+,15-/m0/s1. The first-order chi connectivity index (χ1) is 13.0. The molecule has 0 unspecified atom stereocenters. The summed E-state index contributed by atoms with van der Waals surface area (Å²) in [5.74, 6) is 3.29. The molecule has 0 aromatic carbocycles. The van der Waals surface area contributed by atoms with Gasteiger partial charge in [-0.25, -0.2) is 4.79 Å². The molecule has 144 valence electrons. The lowest BCUT2D eigenvalue weighted by Gasteiger charge is -2.38. The van der Waals surface area contributed by atoms with E-state index in [1.807, 2.05) is 6.07 Å². The summed E-state index contributed by atoms with van der Waals surface area (Å²) < 4.78 is 5.60. The Labute approximate surface area is 159 Å². The molecule has 2 amide bonds. The highest BCUT2D eigenvalue weighted by Gasteiger charge is 2.42. The fourth-order valence-electron chi connectivity index (χ4n) is 4.09. The maximum absolute atomic E-state index is 12.1. The van der Waals surface area contributed by atoms with E-state index in [0.29, 0.717) is 5.82 Å². The van der Waals surface area contributed by atoms with Gasteiger partial charge in [-0.3, -0.25) is 9.89 Å². The highest BCUT2D eigenvalue weighted by atomic mass is 16.6. The topological polar surface area (TPSA) is 96.1 Å². The molecule has 1 aromatic heterocycles. The van der Waals surface area contributed by atoms with E-state index in [4.69, 9.17) is 11.2 Å². The number of aromatic nitrogens is 2. The monoisotopic (exact) mass is 370 g/mol. The number of carbonyl (C=O) groups excluding carboxylic acids is 2. The summed E-state index contributed by atoms with van der Waals surface area (Å²) in [7, 11) is 0. The molecule has 0 aliphatic heterocycles. The van der Waals surface area contributed by atoms with Crippen LogP contribution in [0.5, 0.6) is 0 Å². The summed E-state index contributed by atoms with van der Waals surface area (Å²) in [4.78, 5) is 24.1. The van der Waals surface area contributed by atoms with Crippen molar-refractivity contribution < 1.29 is 14.3 Å². The first-order valence-corrected chi connectivity index (χ1v) is 9.77. The van der Waals surface area contributed by atoms with E-state index in [0.717, 1.165) is 50.6 Å². The van der Waals surface area contributed by atoms with Crippen molar-refractivity contribution in [3.05, 3.63) is 11.8 Å². The zero-order valence-electron chi connectivity index (χ0n) is 15.6. The number of nitrogens with one attached hydrogen (secondary N) is 3. The fourth-order valence-corrected chi connectivity index (χ4v) is 4.09. The van der Waals surface area contributed by atoms with Gasteiger partial charge in [0.15, 0.2) is 5.82 Å². The highest BCUT2D eigenvalue weighted by molar-refractivity contribution is 5.94. The number of carbonyl (C=O) groups is 2. The molecule has 0 bridgehead atoms. The summed E-state index contributed by atoms with van der Waals surface area (Å²) >= 11 is 0. The number of amides is 2. The molecule has 4 rings (SSSR count). The summed E-state index contributed by atoms with van der Waals surface area (Å²) in [5.41, 5.74) is 0.873. The van der Waals surface area contributed by atoms with E-state index < -0.39 is 0 Å². The highest BCUT2D eigenvalue weighted by Crippen LogP contribution is 2.39. The third kappa shape index (κ3) is 3.95. The third-order valence-electron chi connectivity index (χ3n) is 6.15. The number of hydrogen-bond acceptors (Lipinski definition) is 4. The minimum Gasteiger partial charge on any atom is -0.446 e. The lowest BCUT2D eigenvalue weighted by Crippen LogP contribution is -2.51. The SMILES string of the molecule is C#C[C@H]1C[C@@H]1C(=O)Nc1cc([C@H]2CC[C@@H](OC(=O)NC3(C)CCC3)C2)[nH]n1. The first kappa shape index (κ1) is 17.9. The molecular weight excluding hydrogens is 344 g/mol. The van der Waals surface area contributed by atoms with Gasteiger partial charge in [0.1, 0.15) is 6.10 Å². The van der Waals surface area contributed by atoms with Crippen molar-refractivity contribution in [2.24, 2.45) is 11.8 Å². The van der Waals surface area contributed by atoms with Crippen molar-refractivity contribution in [2.45, 2.75) is 69.4 Å². The second kappa shape index (κ2) is 6.91. The van der Waals surface area contributed by atoms with Gasteiger partial charge in [0, 0.05) is 29.1 Å². The van der Waals surface area contributed by atoms with Gasteiger partial charge in [-0.15, -0.1) is 12.3 Å². The predicted octanol–water partition coefficient (Wildman–Crippen LogP) is 2.92. The number of nitrogens with zero attached hydrogens (tertiary/aromatic N) is 1. The zero-order chi connectivity index (χ0) is 19.0. The third-order valence-corrected chi connectivity index (χ3v) is 6.15. The van der Waals surface area contributed by atoms with Gasteiger partial charge in [-0.1, -0.05) is 0 Å². The molecule has 27 heavy (non-hydrogen) atoms. The van der Waals surface area contributed by atoms with Crippen LogP contribution in [-0.2, 0) is 9.53 Å². The quantitative estimate of drug-likeness (QED) is 0.695. The van der Waals surface area contributed by atoms with E-state index in [2.05, 4.69) is 33.7 Å². The minimum atomic E-state index is -0.312. The van der Waals surface area contributed by atoms with Crippen molar-refractivity contribution in [1.82, 2.24) is 15.5 Å². The Balaban J connectivity index is 1.25. The van der Waals surface area contributed by atoms with Crippen molar-refractivity contribution in [3.63, 3.8) is 0 Å². The number of anilines is 1. The van der Waals surface area contributed by atoms with Gasteiger partial charge in [0.2, 0.25) is 5.91 Å². The van der Waals surface area contributed by atoms with E-state index in [1.54, 1.807) is 0 Å². The average Bonchev–Trinajstić information content (AvgIpc) is 3.02. The van der Waals surface area contributed by atoms with Gasteiger partial charge >= 0.3 is 6.09 Å². The van der Waals surface area contributed by atoms with Gasteiger partial charge in [0.05, 0.1) is 5.92 Å². The molecule has 3 fully saturated rings. The number of H-pyrrole nitrogens is 1. The van der Waals surface area contributed by atoms with Crippen molar-refractivity contribution >= 4 is 17.8 Å². The van der Waals surface area contributed by atoms with Crippen LogP contribution in [0.4, 0.5) is 10.6 Å².